The second kappa shape index (κ2) is 6.26. The maximum absolute atomic E-state index is 12.3. The highest BCUT2D eigenvalue weighted by Crippen LogP contribution is 2.26. The number of amides is 1. The largest absolute Gasteiger partial charge is 0.445 e. The summed E-state index contributed by atoms with van der Waals surface area (Å²) in [6.45, 7) is 4.09. The highest BCUT2D eigenvalue weighted by Gasteiger charge is 2.35. The number of rotatable bonds is 4. The lowest BCUT2D eigenvalue weighted by atomic mass is 10.1. The molecule has 1 rings (SSSR count). The van der Waals surface area contributed by atoms with Crippen molar-refractivity contribution in [2.24, 2.45) is 0 Å². The topological polar surface area (TPSA) is 38.3 Å². The number of carbonyl (C=O) groups excluding carboxylic acids is 1. The average Bonchev–Trinajstić information content (AvgIpc) is 2.35. The Bertz CT molecular complexity index is 443. The van der Waals surface area contributed by atoms with Crippen molar-refractivity contribution in [1.82, 2.24) is 5.32 Å². The summed E-state index contributed by atoms with van der Waals surface area (Å²) >= 11 is 0. The van der Waals surface area contributed by atoms with Crippen LogP contribution in [-0.2, 0) is 11.3 Å². The van der Waals surface area contributed by atoms with E-state index in [9.17, 15) is 18.0 Å². The Morgan fingerprint density at radius 3 is 2.47 bits per heavy atom. The molecular weight excluding hydrogens is 259 g/mol. The molecule has 1 amide bonds. The highest BCUT2D eigenvalue weighted by atomic mass is 19.4. The number of carbonyl (C=O) groups is 1. The average molecular weight is 273 g/mol. The zero-order valence-corrected chi connectivity index (χ0v) is 10.3. The number of nitrogens with one attached hydrogen (secondary N) is 1. The molecule has 0 aliphatic rings. The van der Waals surface area contributed by atoms with Crippen molar-refractivity contribution >= 4 is 6.09 Å². The third kappa shape index (κ3) is 5.03. The fraction of sp³-hybridized carbons (Fsp3) is 0.308. The molecule has 3 nitrogen and oxygen atoms in total. The van der Waals surface area contributed by atoms with E-state index < -0.39 is 23.9 Å². The van der Waals surface area contributed by atoms with Gasteiger partial charge in [0.15, 0.2) is 0 Å². The SMILES string of the molecule is C=C(C(C)NC(=O)OCc1ccccc1)C(F)(F)F. The summed E-state index contributed by atoms with van der Waals surface area (Å²) in [7, 11) is 0. The smallest absolute Gasteiger partial charge is 0.414 e. The van der Waals surface area contributed by atoms with Gasteiger partial charge in [-0.2, -0.15) is 13.2 Å². The lowest BCUT2D eigenvalue weighted by Crippen LogP contribution is -2.38. The lowest BCUT2D eigenvalue weighted by Gasteiger charge is -2.18. The van der Waals surface area contributed by atoms with Crippen molar-refractivity contribution in [1.29, 1.82) is 0 Å². The minimum absolute atomic E-state index is 0.00210. The van der Waals surface area contributed by atoms with Gasteiger partial charge in [0.2, 0.25) is 0 Å². The zero-order valence-electron chi connectivity index (χ0n) is 10.3. The summed E-state index contributed by atoms with van der Waals surface area (Å²) in [5.41, 5.74) is -0.274. The minimum Gasteiger partial charge on any atom is -0.445 e. The summed E-state index contributed by atoms with van der Waals surface area (Å²) < 4.78 is 41.7. The minimum atomic E-state index is -4.54. The summed E-state index contributed by atoms with van der Waals surface area (Å²) in [5, 5.41) is 2.08. The first-order valence-electron chi connectivity index (χ1n) is 5.54. The van der Waals surface area contributed by atoms with Crippen LogP contribution in [0.4, 0.5) is 18.0 Å². The Labute approximate surface area is 109 Å². The number of ether oxygens (including phenoxy) is 1. The van der Waals surface area contributed by atoms with E-state index in [0.29, 0.717) is 0 Å². The van der Waals surface area contributed by atoms with Crippen LogP contribution in [0.25, 0.3) is 0 Å². The quantitative estimate of drug-likeness (QED) is 0.854. The Kier molecular flexibility index (Phi) is 4.97. The molecule has 0 heterocycles. The van der Waals surface area contributed by atoms with Crippen LogP contribution in [-0.4, -0.2) is 18.3 Å². The van der Waals surface area contributed by atoms with Crippen LogP contribution in [0.3, 0.4) is 0 Å². The molecule has 1 aromatic rings. The first-order valence-corrected chi connectivity index (χ1v) is 5.54. The second-order valence-corrected chi connectivity index (χ2v) is 3.95. The van der Waals surface area contributed by atoms with E-state index in [2.05, 4.69) is 11.9 Å². The first kappa shape index (κ1) is 15.1. The van der Waals surface area contributed by atoms with Gasteiger partial charge in [-0.25, -0.2) is 4.79 Å². The molecule has 1 aromatic carbocycles. The number of hydrogen-bond acceptors (Lipinski definition) is 2. The molecule has 0 spiro atoms. The zero-order chi connectivity index (χ0) is 14.5. The molecule has 0 bridgehead atoms. The van der Waals surface area contributed by atoms with E-state index in [1.807, 2.05) is 0 Å². The predicted molar refractivity (Wildman–Crippen MR) is 64.4 cm³/mol. The van der Waals surface area contributed by atoms with Crippen molar-refractivity contribution < 1.29 is 22.7 Å². The van der Waals surface area contributed by atoms with Crippen molar-refractivity contribution in [2.45, 2.75) is 25.7 Å². The molecule has 1 atom stereocenters. The van der Waals surface area contributed by atoms with Crippen molar-refractivity contribution in [3.63, 3.8) is 0 Å². The molecule has 0 radical (unpaired) electrons. The van der Waals surface area contributed by atoms with E-state index in [0.717, 1.165) is 5.56 Å². The van der Waals surface area contributed by atoms with E-state index in [4.69, 9.17) is 4.74 Å². The van der Waals surface area contributed by atoms with Crippen LogP contribution in [0.1, 0.15) is 12.5 Å². The van der Waals surface area contributed by atoms with Crippen LogP contribution in [0, 0.1) is 0 Å². The molecule has 0 aromatic heterocycles. The number of benzene rings is 1. The molecule has 1 N–H and O–H groups in total. The lowest BCUT2D eigenvalue weighted by molar-refractivity contribution is -0.0954. The Morgan fingerprint density at radius 2 is 1.95 bits per heavy atom. The second-order valence-electron chi connectivity index (χ2n) is 3.95. The molecular formula is C13H14F3NO2. The van der Waals surface area contributed by atoms with Crippen LogP contribution in [0.15, 0.2) is 42.5 Å². The predicted octanol–water partition coefficient (Wildman–Crippen LogP) is 3.42. The van der Waals surface area contributed by atoms with Gasteiger partial charge >= 0.3 is 12.3 Å². The fourth-order valence-corrected chi connectivity index (χ4v) is 1.27. The van der Waals surface area contributed by atoms with E-state index in [1.54, 1.807) is 30.3 Å². The molecule has 104 valence electrons. The maximum Gasteiger partial charge on any atom is 0.414 e. The molecule has 19 heavy (non-hydrogen) atoms. The normalized spacial score (nSPS) is 12.6. The molecule has 0 saturated heterocycles. The van der Waals surface area contributed by atoms with Gasteiger partial charge in [-0.1, -0.05) is 36.9 Å². The Balaban J connectivity index is 2.42. The number of alkyl carbamates (subject to hydrolysis) is 1. The summed E-state index contributed by atoms with van der Waals surface area (Å²) in [6.07, 6.45) is -5.45. The summed E-state index contributed by atoms with van der Waals surface area (Å²) in [4.78, 5) is 11.3. The van der Waals surface area contributed by atoms with E-state index in [1.165, 1.54) is 6.92 Å². The van der Waals surface area contributed by atoms with Gasteiger partial charge in [0, 0.05) is 5.57 Å². The number of halogens is 3. The van der Waals surface area contributed by atoms with Crippen LogP contribution in [0.5, 0.6) is 0 Å². The van der Waals surface area contributed by atoms with Crippen LogP contribution < -0.4 is 5.32 Å². The van der Waals surface area contributed by atoms with Gasteiger partial charge in [-0.15, -0.1) is 0 Å². The van der Waals surface area contributed by atoms with Crippen LogP contribution in [0.2, 0.25) is 0 Å². The van der Waals surface area contributed by atoms with Gasteiger partial charge < -0.3 is 10.1 Å². The van der Waals surface area contributed by atoms with Gasteiger partial charge in [0.25, 0.3) is 0 Å². The standard InChI is InChI=1S/C13H14F3NO2/c1-9(13(14,15)16)10(2)17-12(18)19-8-11-6-4-3-5-7-11/h3-7,10H,1,8H2,2H3,(H,17,18). The number of hydrogen-bond donors (Lipinski definition) is 1. The van der Waals surface area contributed by atoms with Gasteiger partial charge in [-0.05, 0) is 12.5 Å². The molecule has 0 aliphatic heterocycles. The fourth-order valence-electron chi connectivity index (χ4n) is 1.27. The molecule has 0 fully saturated rings. The number of alkyl halides is 3. The Morgan fingerprint density at radius 1 is 1.37 bits per heavy atom. The third-order valence-corrected chi connectivity index (χ3v) is 2.43. The van der Waals surface area contributed by atoms with E-state index in [-0.39, 0.29) is 6.61 Å². The third-order valence-electron chi connectivity index (χ3n) is 2.43. The van der Waals surface area contributed by atoms with Crippen molar-refractivity contribution in [3.8, 4) is 0 Å². The van der Waals surface area contributed by atoms with Crippen LogP contribution >= 0.6 is 0 Å². The Hall–Kier alpha value is -1.98. The van der Waals surface area contributed by atoms with Gasteiger partial charge in [-0.3, -0.25) is 0 Å². The van der Waals surface area contributed by atoms with Crippen molar-refractivity contribution in [3.05, 3.63) is 48.0 Å². The van der Waals surface area contributed by atoms with E-state index >= 15 is 0 Å². The van der Waals surface area contributed by atoms with Gasteiger partial charge in [0.1, 0.15) is 6.61 Å². The summed E-state index contributed by atoms with van der Waals surface area (Å²) in [6, 6.07) is 7.59. The van der Waals surface area contributed by atoms with Gasteiger partial charge in [0.05, 0.1) is 6.04 Å². The summed E-state index contributed by atoms with van der Waals surface area (Å²) in [5.74, 6) is 0. The first-order chi connectivity index (χ1) is 8.80. The molecule has 0 aliphatic carbocycles. The highest BCUT2D eigenvalue weighted by molar-refractivity contribution is 5.68. The maximum atomic E-state index is 12.3. The van der Waals surface area contributed by atoms with Crippen molar-refractivity contribution in [2.75, 3.05) is 0 Å². The monoisotopic (exact) mass is 273 g/mol. The molecule has 1 unspecified atom stereocenters. The molecule has 0 saturated carbocycles. The molecule has 6 heteroatoms.